The van der Waals surface area contributed by atoms with Gasteiger partial charge in [0.2, 0.25) is 5.79 Å². The van der Waals surface area contributed by atoms with Crippen molar-refractivity contribution >= 4 is 6.08 Å². The molecule has 1 spiro atoms. The monoisotopic (exact) mass is 306 g/mol. The maximum atomic E-state index is 5.96. The summed E-state index contributed by atoms with van der Waals surface area (Å²) in [5.41, 5.74) is 1.04. The van der Waals surface area contributed by atoms with Crippen LogP contribution in [-0.2, 0) is 9.47 Å². The number of para-hydroxylation sites is 1. The van der Waals surface area contributed by atoms with Gasteiger partial charge in [-0.3, -0.25) is 0 Å². The first kappa shape index (κ1) is 14.1. The molecule has 4 rings (SSSR count). The minimum Gasteiger partial charge on any atom is -0.459 e. The Labute approximate surface area is 135 Å². The largest absolute Gasteiger partial charge is 0.459 e. The van der Waals surface area contributed by atoms with E-state index >= 15 is 0 Å². The average molecular weight is 306 g/mol. The zero-order valence-electron chi connectivity index (χ0n) is 12.8. The Morgan fingerprint density at radius 2 is 1.87 bits per heavy atom. The molecular weight excluding hydrogens is 288 g/mol. The van der Waals surface area contributed by atoms with Gasteiger partial charge in [0.05, 0.1) is 6.61 Å². The van der Waals surface area contributed by atoms with E-state index in [2.05, 4.69) is 0 Å². The summed E-state index contributed by atoms with van der Waals surface area (Å²) in [6.07, 6.45) is 7.95. The summed E-state index contributed by atoms with van der Waals surface area (Å²) < 4.78 is 17.5. The van der Waals surface area contributed by atoms with Gasteiger partial charge in [0.15, 0.2) is 0 Å². The Bertz CT molecular complexity index is 740. The standard InChI is InChI=1S/C20H18O3/c1-2-7-17(8-3-1)22-18-9-4-6-16(14-18)15-19-10-12-20(23-19)11-5-13-21-20/h1-4,6-10,12,14-15H,5,11,13H2/b19-15-. The van der Waals surface area contributed by atoms with Crippen molar-refractivity contribution in [2.45, 2.75) is 18.6 Å². The summed E-state index contributed by atoms with van der Waals surface area (Å²) >= 11 is 0. The van der Waals surface area contributed by atoms with Crippen molar-refractivity contribution in [1.29, 1.82) is 0 Å². The van der Waals surface area contributed by atoms with Crippen molar-refractivity contribution in [3.8, 4) is 11.5 Å². The average Bonchev–Trinajstić information content (AvgIpc) is 3.19. The maximum absolute atomic E-state index is 5.96. The molecule has 0 saturated carbocycles. The van der Waals surface area contributed by atoms with Gasteiger partial charge in [-0.2, -0.15) is 0 Å². The van der Waals surface area contributed by atoms with Gasteiger partial charge in [0.25, 0.3) is 0 Å². The Morgan fingerprint density at radius 3 is 2.70 bits per heavy atom. The molecule has 3 heteroatoms. The van der Waals surface area contributed by atoms with Crippen LogP contribution in [0.4, 0.5) is 0 Å². The first-order chi connectivity index (χ1) is 11.3. The highest BCUT2D eigenvalue weighted by atomic mass is 16.7. The van der Waals surface area contributed by atoms with Gasteiger partial charge in [-0.15, -0.1) is 0 Å². The van der Waals surface area contributed by atoms with Crippen LogP contribution in [0.5, 0.6) is 11.5 Å². The normalized spacial score (nSPS) is 24.3. The first-order valence-electron chi connectivity index (χ1n) is 7.88. The molecule has 23 heavy (non-hydrogen) atoms. The van der Waals surface area contributed by atoms with Crippen LogP contribution in [0.2, 0.25) is 0 Å². The van der Waals surface area contributed by atoms with Gasteiger partial charge in [-0.1, -0.05) is 30.3 Å². The van der Waals surface area contributed by atoms with Gasteiger partial charge >= 0.3 is 0 Å². The third kappa shape index (κ3) is 3.15. The van der Waals surface area contributed by atoms with Crippen LogP contribution in [0.25, 0.3) is 6.08 Å². The van der Waals surface area contributed by atoms with Crippen LogP contribution in [-0.4, -0.2) is 12.4 Å². The lowest BCUT2D eigenvalue weighted by Gasteiger charge is -2.20. The first-order valence-corrected chi connectivity index (χ1v) is 7.88. The minimum absolute atomic E-state index is 0.524. The van der Waals surface area contributed by atoms with Crippen molar-refractivity contribution in [2.75, 3.05) is 6.61 Å². The smallest absolute Gasteiger partial charge is 0.230 e. The van der Waals surface area contributed by atoms with Gasteiger partial charge in [0, 0.05) is 6.42 Å². The van der Waals surface area contributed by atoms with E-state index in [0.29, 0.717) is 0 Å². The second-order valence-corrected chi connectivity index (χ2v) is 5.73. The highest BCUT2D eigenvalue weighted by Crippen LogP contribution is 2.36. The van der Waals surface area contributed by atoms with Gasteiger partial charge < -0.3 is 14.2 Å². The second-order valence-electron chi connectivity index (χ2n) is 5.73. The molecule has 2 aliphatic rings. The van der Waals surface area contributed by atoms with E-state index in [1.165, 1.54) is 0 Å². The van der Waals surface area contributed by atoms with Crippen LogP contribution in [0.1, 0.15) is 18.4 Å². The molecule has 2 aromatic rings. The van der Waals surface area contributed by atoms with Crippen molar-refractivity contribution in [3.05, 3.63) is 78.1 Å². The zero-order chi connectivity index (χ0) is 15.5. The lowest BCUT2D eigenvalue weighted by molar-refractivity contribution is -0.135. The van der Waals surface area contributed by atoms with E-state index in [-0.39, 0.29) is 0 Å². The van der Waals surface area contributed by atoms with Crippen LogP contribution in [0.15, 0.2) is 72.5 Å². The number of ether oxygens (including phenoxy) is 3. The molecule has 0 radical (unpaired) electrons. The molecule has 1 atom stereocenters. The van der Waals surface area contributed by atoms with E-state index in [1.54, 1.807) is 0 Å². The highest BCUT2D eigenvalue weighted by Gasteiger charge is 2.38. The van der Waals surface area contributed by atoms with Gasteiger partial charge in [0.1, 0.15) is 17.3 Å². The SMILES string of the molecule is C1=CC2(CCCO2)O/C1=C\c1cccc(Oc2ccccc2)c1. The Balaban J connectivity index is 1.51. The molecule has 0 aromatic heterocycles. The predicted octanol–water partition coefficient (Wildman–Crippen LogP) is 4.91. The molecule has 0 amide bonds. The molecule has 116 valence electrons. The Morgan fingerprint density at radius 1 is 1.00 bits per heavy atom. The summed E-state index contributed by atoms with van der Waals surface area (Å²) in [7, 11) is 0. The van der Waals surface area contributed by atoms with Crippen LogP contribution in [0, 0.1) is 0 Å². The van der Waals surface area contributed by atoms with Crippen molar-refractivity contribution in [2.24, 2.45) is 0 Å². The summed E-state index contributed by atoms with van der Waals surface area (Å²) in [6.45, 7) is 0.762. The third-order valence-electron chi connectivity index (χ3n) is 3.95. The molecule has 3 nitrogen and oxygen atoms in total. The van der Waals surface area contributed by atoms with E-state index in [4.69, 9.17) is 14.2 Å². The lowest BCUT2D eigenvalue weighted by Crippen LogP contribution is -2.24. The topological polar surface area (TPSA) is 27.7 Å². The highest BCUT2D eigenvalue weighted by molar-refractivity contribution is 5.57. The lowest BCUT2D eigenvalue weighted by atomic mass is 10.2. The molecular formula is C20H18O3. The van der Waals surface area contributed by atoms with E-state index < -0.39 is 5.79 Å². The fourth-order valence-electron chi connectivity index (χ4n) is 2.86. The molecule has 1 fully saturated rings. The number of rotatable bonds is 3. The van der Waals surface area contributed by atoms with Crippen LogP contribution >= 0.6 is 0 Å². The Hall–Kier alpha value is -2.52. The molecule has 0 bridgehead atoms. The van der Waals surface area contributed by atoms with E-state index in [1.807, 2.05) is 72.8 Å². The fourth-order valence-corrected chi connectivity index (χ4v) is 2.86. The van der Waals surface area contributed by atoms with Crippen molar-refractivity contribution < 1.29 is 14.2 Å². The Kier molecular flexibility index (Phi) is 3.64. The molecule has 1 unspecified atom stereocenters. The second kappa shape index (κ2) is 5.94. The van der Waals surface area contributed by atoms with Crippen molar-refractivity contribution in [1.82, 2.24) is 0 Å². The molecule has 0 N–H and O–H groups in total. The van der Waals surface area contributed by atoms with E-state index in [0.717, 1.165) is 42.3 Å². The summed E-state index contributed by atoms with van der Waals surface area (Å²) in [5, 5.41) is 0. The van der Waals surface area contributed by atoms with Crippen molar-refractivity contribution in [3.63, 3.8) is 0 Å². The van der Waals surface area contributed by atoms with Gasteiger partial charge in [-0.05, 0) is 54.5 Å². The predicted molar refractivity (Wildman–Crippen MR) is 89.1 cm³/mol. The summed E-state index contributed by atoms with van der Waals surface area (Å²) in [5.74, 6) is 1.93. The van der Waals surface area contributed by atoms with Gasteiger partial charge in [-0.25, -0.2) is 0 Å². The summed E-state index contributed by atoms with van der Waals surface area (Å²) in [4.78, 5) is 0. The molecule has 2 aliphatic heterocycles. The number of benzene rings is 2. The summed E-state index contributed by atoms with van der Waals surface area (Å²) in [6, 6.07) is 17.7. The molecule has 2 aromatic carbocycles. The number of hydrogen-bond donors (Lipinski definition) is 0. The molecule has 1 saturated heterocycles. The fraction of sp³-hybridized carbons (Fsp3) is 0.200. The number of hydrogen-bond acceptors (Lipinski definition) is 3. The maximum Gasteiger partial charge on any atom is 0.230 e. The van der Waals surface area contributed by atoms with E-state index in [9.17, 15) is 0 Å². The zero-order valence-corrected chi connectivity index (χ0v) is 12.8. The molecule has 2 heterocycles. The molecule has 0 aliphatic carbocycles. The van der Waals surface area contributed by atoms with Crippen LogP contribution in [0.3, 0.4) is 0 Å². The quantitative estimate of drug-likeness (QED) is 0.806. The third-order valence-corrected chi connectivity index (χ3v) is 3.95. The minimum atomic E-state index is -0.524. The number of allylic oxidation sites excluding steroid dienone is 1. The van der Waals surface area contributed by atoms with Crippen LogP contribution < -0.4 is 4.74 Å².